The van der Waals surface area contributed by atoms with Crippen LogP contribution < -0.4 is 5.32 Å². The number of fused-ring (bicyclic) bond motifs is 1. The van der Waals surface area contributed by atoms with E-state index in [9.17, 15) is 4.39 Å². The Morgan fingerprint density at radius 3 is 2.81 bits per heavy atom. The Balaban J connectivity index is 1.92. The van der Waals surface area contributed by atoms with Gasteiger partial charge >= 0.3 is 0 Å². The number of benzene rings is 2. The lowest BCUT2D eigenvalue weighted by Crippen LogP contribution is -2.18. The molecule has 1 unspecified atom stereocenters. The Kier molecular flexibility index (Phi) is 4.24. The molecule has 3 rings (SSSR count). The Morgan fingerprint density at radius 2 is 2.05 bits per heavy atom. The van der Waals surface area contributed by atoms with Gasteiger partial charge in [-0.2, -0.15) is 0 Å². The molecule has 0 aliphatic carbocycles. The van der Waals surface area contributed by atoms with Gasteiger partial charge in [-0.25, -0.2) is 4.39 Å². The van der Waals surface area contributed by atoms with Gasteiger partial charge in [-0.05, 0) is 53.6 Å². The fourth-order valence-electron chi connectivity index (χ4n) is 2.53. The minimum Gasteiger partial charge on any atom is -0.313 e. The van der Waals surface area contributed by atoms with E-state index in [-0.39, 0.29) is 16.9 Å². The monoisotopic (exact) mass is 319 g/mol. The number of nitrogens with one attached hydrogen (secondary N) is 1. The Bertz CT molecular complexity index is 768. The normalized spacial score (nSPS) is 12.7. The highest BCUT2D eigenvalue weighted by Gasteiger charge is 2.14. The van der Waals surface area contributed by atoms with Crippen LogP contribution in [0.15, 0.2) is 47.8 Å². The molecule has 0 amide bonds. The standard InChI is InChI=1S/C17H15ClFNS/c1-20-16(11-6-7-15(19)14(18)8-11)9-12-10-21-17-5-3-2-4-13(12)17/h2-8,10,16,20H,9H2,1H3. The molecule has 3 aromatic rings. The maximum Gasteiger partial charge on any atom is 0.141 e. The SMILES string of the molecule is CNC(Cc1csc2ccccc12)c1ccc(F)c(Cl)c1. The van der Waals surface area contributed by atoms with E-state index < -0.39 is 0 Å². The van der Waals surface area contributed by atoms with Gasteiger partial charge in [0.25, 0.3) is 0 Å². The fourth-order valence-corrected chi connectivity index (χ4v) is 3.69. The van der Waals surface area contributed by atoms with Crippen molar-refractivity contribution in [3.8, 4) is 0 Å². The summed E-state index contributed by atoms with van der Waals surface area (Å²) in [5, 5.41) is 6.94. The molecule has 1 heterocycles. The molecule has 0 aliphatic rings. The number of halogens is 2. The van der Waals surface area contributed by atoms with E-state index in [1.54, 1.807) is 23.5 Å². The van der Waals surface area contributed by atoms with Crippen LogP contribution in [0.3, 0.4) is 0 Å². The fraction of sp³-hybridized carbons (Fsp3) is 0.176. The molecule has 0 aliphatic heterocycles. The van der Waals surface area contributed by atoms with Crippen molar-refractivity contribution < 1.29 is 4.39 Å². The minimum atomic E-state index is -0.378. The first kappa shape index (κ1) is 14.5. The lowest BCUT2D eigenvalue weighted by molar-refractivity contribution is 0.588. The van der Waals surface area contributed by atoms with Gasteiger partial charge in [0.05, 0.1) is 5.02 Å². The maximum atomic E-state index is 13.3. The Morgan fingerprint density at radius 1 is 1.24 bits per heavy atom. The molecule has 0 spiro atoms. The average molecular weight is 320 g/mol. The van der Waals surface area contributed by atoms with Crippen molar-refractivity contribution in [3.63, 3.8) is 0 Å². The average Bonchev–Trinajstić information content (AvgIpc) is 2.91. The number of hydrogen-bond acceptors (Lipinski definition) is 2. The van der Waals surface area contributed by atoms with Gasteiger partial charge in [-0.15, -0.1) is 11.3 Å². The van der Waals surface area contributed by atoms with E-state index in [4.69, 9.17) is 11.6 Å². The second-order valence-electron chi connectivity index (χ2n) is 4.98. The van der Waals surface area contributed by atoms with E-state index in [2.05, 4.69) is 35.0 Å². The third-order valence-electron chi connectivity index (χ3n) is 3.68. The second-order valence-corrected chi connectivity index (χ2v) is 6.29. The maximum absolute atomic E-state index is 13.3. The van der Waals surface area contributed by atoms with Crippen LogP contribution in [0.25, 0.3) is 10.1 Å². The Hall–Kier alpha value is -1.42. The molecular weight excluding hydrogens is 305 g/mol. The molecule has 108 valence electrons. The molecule has 2 aromatic carbocycles. The van der Waals surface area contributed by atoms with Crippen LogP contribution in [0.4, 0.5) is 4.39 Å². The summed E-state index contributed by atoms with van der Waals surface area (Å²) in [6, 6.07) is 13.4. The summed E-state index contributed by atoms with van der Waals surface area (Å²) in [7, 11) is 1.91. The van der Waals surface area contributed by atoms with E-state index in [1.165, 1.54) is 21.7 Å². The molecule has 1 atom stereocenters. The summed E-state index contributed by atoms with van der Waals surface area (Å²) in [6.45, 7) is 0. The number of thiophene rings is 1. The number of hydrogen-bond donors (Lipinski definition) is 1. The molecule has 0 saturated carbocycles. The van der Waals surface area contributed by atoms with Gasteiger partial charge < -0.3 is 5.32 Å². The molecule has 0 radical (unpaired) electrons. The third kappa shape index (κ3) is 2.95. The zero-order chi connectivity index (χ0) is 14.8. The molecule has 1 aromatic heterocycles. The summed E-state index contributed by atoms with van der Waals surface area (Å²) in [4.78, 5) is 0. The third-order valence-corrected chi connectivity index (χ3v) is 4.98. The van der Waals surface area contributed by atoms with E-state index in [0.717, 1.165) is 12.0 Å². The minimum absolute atomic E-state index is 0.112. The van der Waals surface area contributed by atoms with Crippen LogP contribution in [0.5, 0.6) is 0 Å². The quantitative estimate of drug-likeness (QED) is 0.697. The molecular formula is C17H15ClFNS. The first-order valence-electron chi connectivity index (χ1n) is 6.76. The van der Waals surface area contributed by atoms with Crippen molar-refractivity contribution in [2.24, 2.45) is 0 Å². The van der Waals surface area contributed by atoms with Gasteiger partial charge in [-0.3, -0.25) is 0 Å². The van der Waals surface area contributed by atoms with Crippen LogP contribution >= 0.6 is 22.9 Å². The highest BCUT2D eigenvalue weighted by atomic mass is 35.5. The van der Waals surface area contributed by atoms with Crippen molar-refractivity contribution in [2.75, 3.05) is 7.05 Å². The van der Waals surface area contributed by atoms with Crippen molar-refractivity contribution in [2.45, 2.75) is 12.5 Å². The predicted molar refractivity (Wildman–Crippen MR) is 88.7 cm³/mol. The molecule has 0 saturated heterocycles. The number of rotatable bonds is 4. The van der Waals surface area contributed by atoms with Crippen LogP contribution in [0.1, 0.15) is 17.2 Å². The molecule has 1 nitrogen and oxygen atoms in total. The summed E-state index contributed by atoms with van der Waals surface area (Å²) in [6.07, 6.45) is 0.850. The van der Waals surface area contributed by atoms with Crippen LogP contribution in [-0.4, -0.2) is 7.05 Å². The molecule has 0 fully saturated rings. The zero-order valence-corrected chi connectivity index (χ0v) is 13.1. The van der Waals surface area contributed by atoms with Gasteiger partial charge in [0.1, 0.15) is 5.82 Å². The highest BCUT2D eigenvalue weighted by molar-refractivity contribution is 7.17. The summed E-state index contributed by atoms with van der Waals surface area (Å²) >= 11 is 7.64. The van der Waals surface area contributed by atoms with Crippen molar-refractivity contribution >= 4 is 33.0 Å². The van der Waals surface area contributed by atoms with Gasteiger partial charge in [-0.1, -0.05) is 35.9 Å². The molecule has 21 heavy (non-hydrogen) atoms. The zero-order valence-electron chi connectivity index (χ0n) is 11.6. The lowest BCUT2D eigenvalue weighted by Gasteiger charge is -2.17. The molecule has 4 heteroatoms. The van der Waals surface area contributed by atoms with Crippen molar-refractivity contribution in [1.82, 2.24) is 5.32 Å². The van der Waals surface area contributed by atoms with Crippen LogP contribution in [-0.2, 0) is 6.42 Å². The van der Waals surface area contributed by atoms with Crippen molar-refractivity contribution in [1.29, 1.82) is 0 Å². The number of likely N-dealkylation sites (N-methyl/N-ethyl adjacent to an activating group) is 1. The lowest BCUT2D eigenvalue weighted by atomic mass is 9.98. The van der Waals surface area contributed by atoms with Gasteiger partial charge in [0, 0.05) is 10.7 Å². The van der Waals surface area contributed by atoms with E-state index >= 15 is 0 Å². The van der Waals surface area contributed by atoms with Crippen LogP contribution in [0.2, 0.25) is 5.02 Å². The van der Waals surface area contributed by atoms with Gasteiger partial charge in [0.15, 0.2) is 0 Å². The Labute approximate surface area is 132 Å². The van der Waals surface area contributed by atoms with E-state index in [1.807, 2.05) is 7.05 Å². The van der Waals surface area contributed by atoms with Crippen LogP contribution in [0, 0.1) is 5.82 Å². The second kappa shape index (κ2) is 6.14. The largest absolute Gasteiger partial charge is 0.313 e. The molecule has 1 N–H and O–H groups in total. The highest BCUT2D eigenvalue weighted by Crippen LogP contribution is 2.30. The first-order chi connectivity index (χ1) is 10.2. The summed E-state index contributed by atoms with van der Waals surface area (Å²) in [5.74, 6) is -0.378. The van der Waals surface area contributed by atoms with Gasteiger partial charge in [0.2, 0.25) is 0 Å². The summed E-state index contributed by atoms with van der Waals surface area (Å²) in [5.41, 5.74) is 2.30. The molecule has 0 bridgehead atoms. The predicted octanol–water partition coefficient (Wildman–Crippen LogP) is 5.20. The first-order valence-corrected chi connectivity index (χ1v) is 8.02. The summed E-state index contributed by atoms with van der Waals surface area (Å²) < 4.78 is 14.6. The van der Waals surface area contributed by atoms with E-state index in [0.29, 0.717) is 0 Å². The smallest absolute Gasteiger partial charge is 0.141 e. The topological polar surface area (TPSA) is 12.0 Å². The van der Waals surface area contributed by atoms with Crippen molar-refractivity contribution in [3.05, 3.63) is 69.8 Å².